The van der Waals surface area contributed by atoms with Gasteiger partial charge in [-0.3, -0.25) is 0 Å². The lowest BCUT2D eigenvalue weighted by Gasteiger charge is -2.02. The van der Waals surface area contributed by atoms with E-state index in [0.29, 0.717) is 0 Å². The van der Waals surface area contributed by atoms with Gasteiger partial charge in [-0.15, -0.1) is 0 Å². The first-order valence-corrected chi connectivity index (χ1v) is 7.08. The van der Waals surface area contributed by atoms with Crippen molar-refractivity contribution in [1.82, 2.24) is 9.61 Å². The molecule has 5 aromatic rings. The highest BCUT2D eigenvalue weighted by molar-refractivity contribution is 6.13. The van der Waals surface area contributed by atoms with Crippen molar-refractivity contribution in [2.45, 2.75) is 0 Å². The molecule has 0 N–H and O–H groups in total. The summed E-state index contributed by atoms with van der Waals surface area (Å²) in [5, 5.41) is 12.0. The van der Waals surface area contributed by atoms with Gasteiger partial charge in [0.2, 0.25) is 0 Å². The fourth-order valence-corrected chi connectivity index (χ4v) is 3.20. The minimum Gasteiger partial charge on any atom is -0.239 e. The van der Waals surface area contributed by atoms with E-state index in [1.807, 2.05) is 10.7 Å². The third-order valence-electron chi connectivity index (χ3n) is 4.20. The second-order valence-corrected chi connectivity index (χ2v) is 5.44. The summed E-state index contributed by atoms with van der Waals surface area (Å²) < 4.78 is 1.99. The summed E-state index contributed by atoms with van der Waals surface area (Å²) in [7, 11) is 0. The van der Waals surface area contributed by atoms with Gasteiger partial charge >= 0.3 is 0 Å². The molecule has 0 fully saturated rings. The van der Waals surface area contributed by atoms with Crippen molar-refractivity contribution < 1.29 is 0 Å². The summed E-state index contributed by atoms with van der Waals surface area (Å²) in [6.07, 6.45) is 4.05. The van der Waals surface area contributed by atoms with Crippen molar-refractivity contribution >= 4 is 37.8 Å². The van der Waals surface area contributed by atoms with Crippen LogP contribution in [0.4, 0.5) is 0 Å². The van der Waals surface area contributed by atoms with Crippen LogP contribution in [0.5, 0.6) is 0 Å². The number of rotatable bonds is 0. The van der Waals surface area contributed by atoms with Crippen molar-refractivity contribution in [2.24, 2.45) is 0 Å². The molecule has 0 radical (unpaired) electrons. The molecule has 0 aliphatic rings. The molecule has 0 atom stereocenters. The molecule has 2 heteroatoms. The molecule has 0 saturated carbocycles. The predicted molar refractivity (Wildman–Crippen MR) is 87.7 cm³/mol. The predicted octanol–water partition coefficient (Wildman–Crippen LogP) is 4.79. The molecule has 0 aliphatic carbocycles. The van der Waals surface area contributed by atoms with E-state index in [0.717, 1.165) is 0 Å². The molecular formula is C19H12N2. The third-order valence-corrected chi connectivity index (χ3v) is 4.20. The highest BCUT2D eigenvalue weighted by atomic mass is 15.2. The Kier molecular flexibility index (Phi) is 1.98. The van der Waals surface area contributed by atoms with Crippen molar-refractivity contribution in [3.63, 3.8) is 0 Å². The van der Waals surface area contributed by atoms with E-state index in [1.165, 1.54) is 37.8 Å². The van der Waals surface area contributed by atoms with Gasteiger partial charge in [-0.1, -0.05) is 48.5 Å². The largest absolute Gasteiger partial charge is 0.239 e. The van der Waals surface area contributed by atoms with Crippen LogP contribution in [0, 0.1) is 0 Å². The summed E-state index contributed by atoms with van der Waals surface area (Å²) in [5.41, 5.74) is 1.19. The standard InChI is InChI=1S/C19H12N2/c1-2-6-14-10-18-16(9-13(14)5-1)12-21-19(18)17-8-4-3-7-15(17)11-20-21/h1-12H. The Morgan fingerprint density at radius 2 is 1.38 bits per heavy atom. The second-order valence-electron chi connectivity index (χ2n) is 5.44. The van der Waals surface area contributed by atoms with Gasteiger partial charge in [-0.2, -0.15) is 5.10 Å². The fourth-order valence-electron chi connectivity index (χ4n) is 3.20. The minimum atomic E-state index is 1.18. The molecular weight excluding hydrogens is 256 g/mol. The summed E-state index contributed by atoms with van der Waals surface area (Å²) in [4.78, 5) is 0. The summed E-state index contributed by atoms with van der Waals surface area (Å²) in [5.74, 6) is 0. The van der Waals surface area contributed by atoms with Gasteiger partial charge in [0, 0.05) is 27.7 Å². The van der Waals surface area contributed by atoms with E-state index in [2.05, 4.69) is 72.0 Å². The minimum absolute atomic E-state index is 1.18. The average Bonchev–Trinajstić information content (AvgIpc) is 2.90. The van der Waals surface area contributed by atoms with Gasteiger partial charge in [0.1, 0.15) is 0 Å². The second kappa shape index (κ2) is 3.83. The van der Waals surface area contributed by atoms with E-state index in [1.54, 1.807) is 0 Å². The molecule has 3 aromatic carbocycles. The van der Waals surface area contributed by atoms with Gasteiger partial charge in [0.05, 0.1) is 11.7 Å². The van der Waals surface area contributed by atoms with Gasteiger partial charge in [-0.05, 0) is 22.9 Å². The Bertz CT molecular complexity index is 1140. The first-order valence-electron chi connectivity index (χ1n) is 7.08. The molecule has 2 nitrogen and oxygen atoms in total. The molecule has 0 spiro atoms. The van der Waals surface area contributed by atoms with Crippen LogP contribution in [-0.2, 0) is 0 Å². The quantitative estimate of drug-likeness (QED) is 0.394. The van der Waals surface area contributed by atoms with Crippen LogP contribution < -0.4 is 0 Å². The lowest BCUT2D eigenvalue weighted by Crippen LogP contribution is -1.89. The summed E-state index contributed by atoms with van der Waals surface area (Å²) in [6, 6.07) is 21.4. The SMILES string of the molecule is c1ccc2cc3c(cc2c1)cn1ncc2ccccc2c31. The summed E-state index contributed by atoms with van der Waals surface area (Å²) in [6.45, 7) is 0. The normalized spacial score (nSPS) is 11.8. The fraction of sp³-hybridized carbons (Fsp3) is 0. The zero-order chi connectivity index (χ0) is 13.8. The highest BCUT2D eigenvalue weighted by Gasteiger charge is 2.08. The number of aromatic nitrogens is 2. The van der Waals surface area contributed by atoms with Gasteiger partial charge in [0.15, 0.2) is 0 Å². The van der Waals surface area contributed by atoms with Crippen molar-refractivity contribution in [1.29, 1.82) is 0 Å². The number of fused-ring (bicyclic) bond motifs is 6. The Morgan fingerprint density at radius 3 is 2.24 bits per heavy atom. The van der Waals surface area contributed by atoms with Crippen molar-refractivity contribution in [2.75, 3.05) is 0 Å². The van der Waals surface area contributed by atoms with E-state index in [-0.39, 0.29) is 0 Å². The monoisotopic (exact) mass is 268 g/mol. The van der Waals surface area contributed by atoms with E-state index in [4.69, 9.17) is 0 Å². The Morgan fingerprint density at radius 1 is 0.667 bits per heavy atom. The number of nitrogens with zero attached hydrogens (tertiary/aromatic N) is 2. The molecule has 21 heavy (non-hydrogen) atoms. The third kappa shape index (κ3) is 1.44. The topological polar surface area (TPSA) is 17.3 Å². The Labute approximate surface area is 121 Å². The number of hydrogen-bond donors (Lipinski definition) is 0. The molecule has 0 bridgehead atoms. The highest BCUT2D eigenvalue weighted by Crippen LogP contribution is 2.31. The molecule has 0 aliphatic heterocycles. The first-order chi connectivity index (χ1) is 10.4. The van der Waals surface area contributed by atoms with Gasteiger partial charge in [-0.25, -0.2) is 4.52 Å². The lowest BCUT2D eigenvalue weighted by molar-refractivity contribution is 0.956. The van der Waals surface area contributed by atoms with Gasteiger partial charge < -0.3 is 0 Å². The smallest absolute Gasteiger partial charge is 0.0803 e. The maximum absolute atomic E-state index is 4.55. The van der Waals surface area contributed by atoms with Crippen LogP contribution in [0.1, 0.15) is 0 Å². The molecule has 2 heterocycles. The van der Waals surface area contributed by atoms with Crippen LogP contribution in [-0.4, -0.2) is 9.61 Å². The number of benzene rings is 3. The van der Waals surface area contributed by atoms with Crippen LogP contribution in [0.3, 0.4) is 0 Å². The molecule has 2 aromatic heterocycles. The molecule has 0 unspecified atom stereocenters. The van der Waals surface area contributed by atoms with E-state index < -0.39 is 0 Å². The lowest BCUT2D eigenvalue weighted by atomic mass is 10.0. The maximum Gasteiger partial charge on any atom is 0.0803 e. The Balaban J connectivity index is 2.08. The summed E-state index contributed by atoms with van der Waals surface area (Å²) >= 11 is 0. The maximum atomic E-state index is 4.55. The molecule has 0 saturated heterocycles. The van der Waals surface area contributed by atoms with Crippen LogP contribution >= 0.6 is 0 Å². The number of hydrogen-bond acceptors (Lipinski definition) is 1. The van der Waals surface area contributed by atoms with Crippen molar-refractivity contribution in [3.05, 3.63) is 73.1 Å². The molecule has 5 rings (SSSR count). The zero-order valence-electron chi connectivity index (χ0n) is 11.3. The van der Waals surface area contributed by atoms with E-state index in [9.17, 15) is 0 Å². The zero-order valence-corrected chi connectivity index (χ0v) is 11.3. The average molecular weight is 268 g/mol. The van der Waals surface area contributed by atoms with Crippen LogP contribution in [0.15, 0.2) is 73.1 Å². The van der Waals surface area contributed by atoms with Crippen LogP contribution in [0.2, 0.25) is 0 Å². The first kappa shape index (κ1) is 10.9. The van der Waals surface area contributed by atoms with Gasteiger partial charge in [0.25, 0.3) is 0 Å². The van der Waals surface area contributed by atoms with E-state index >= 15 is 0 Å². The van der Waals surface area contributed by atoms with Crippen molar-refractivity contribution in [3.8, 4) is 0 Å². The molecule has 98 valence electrons. The Hall–Kier alpha value is -2.87. The molecule has 0 amide bonds. The van der Waals surface area contributed by atoms with Crippen LogP contribution in [0.25, 0.3) is 37.8 Å².